The van der Waals surface area contributed by atoms with Crippen LogP contribution in [0.3, 0.4) is 0 Å². The van der Waals surface area contributed by atoms with Crippen LogP contribution in [-0.2, 0) is 20.8 Å². The number of nitrogens with one attached hydrogen (secondary N) is 2. The van der Waals surface area contributed by atoms with Crippen molar-refractivity contribution in [3.63, 3.8) is 0 Å². The number of anilines is 1. The number of hydrogen-bond donors (Lipinski definition) is 3. The molecule has 0 aliphatic rings. The Kier molecular flexibility index (Phi) is 6.10. The predicted molar refractivity (Wildman–Crippen MR) is 83.5 cm³/mol. The Bertz CT molecular complexity index is 550. The zero-order chi connectivity index (χ0) is 16.8. The first-order chi connectivity index (χ1) is 10.2. The maximum absolute atomic E-state index is 11.7. The minimum atomic E-state index is -1.25. The molecule has 22 heavy (non-hydrogen) atoms. The summed E-state index contributed by atoms with van der Waals surface area (Å²) in [6, 6.07) is 7.41. The van der Waals surface area contributed by atoms with E-state index in [2.05, 4.69) is 10.6 Å². The molecule has 120 valence electrons. The zero-order valence-electron chi connectivity index (χ0n) is 13.1. The first-order valence-electron chi connectivity index (χ1n) is 7.11. The van der Waals surface area contributed by atoms with Gasteiger partial charge in [0, 0.05) is 19.0 Å². The lowest BCUT2D eigenvalue weighted by Gasteiger charge is -2.20. The molecule has 0 heterocycles. The van der Waals surface area contributed by atoms with Crippen molar-refractivity contribution in [3.05, 3.63) is 29.8 Å². The van der Waals surface area contributed by atoms with Gasteiger partial charge in [0.2, 0.25) is 11.8 Å². The second-order valence-electron chi connectivity index (χ2n) is 5.71. The molecule has 6 nitrogen and oxygen atoms in total. The van der Waals surface area contributed by atoms with Gasteiger partial charge in [-0.2, -0.15) is 0 Å². The van der Waals surface area contributed by atoms with Crippen molar-refractivity contribution in [3.8, 4) is 0 Å². The molecule has 0 aromatic heterocycles. The normalized spacial score (nSPS) is 10.9. The van der Waals surface area contributed by atoms with E-state index in [9.17, 15) is 14.4 Å². The number of hydrogen-bond acceptors (Lipinski definition) is 3. The molecule has 0 aliphatic heterocycles. The second kappa shape index (κ2) is 7.59. The van der Waals surface area contributed by atoms with Crippen LogP contribution in [0, 0.1) is 0 Å². The van der Waals surface area contributed by atoms with Crippen LogP contribution >= 0.6 is 0 Å². The second-order valence-corrected chi connectivity index (χ2v) is 5.71. The summed E-state index contributed by atoms with van der Waals surface area (Å²) in [7, 11) is 0. The Morgan fingerprint density at radius 1 is 1.14 bits per heavy atom. The Morgan fingerprint density at radius 2 is 1.73 bits per heavy atom. The molecule has 3 N–H and O–H groups in total. The quantitative estimate of drug-likeness (QED) is 0.717. The van der Waals surface area contributed by atoms with Crippen LogP contribution in [0.2, 0.25) is 0 Å². The molecule has 0 spiro atoms. The highest BCUT2D eigenvalue weighted by Crippen LogP contribution is 2.12. The van der Waals surface area contributed by atoms with Gasteiger partial charge in [-0.1, -0.05) is 12.1 Å². The van der Waals surface area contributed by atoms with Gasteiger partial charge < -0.3 is 15.7 Å². The van der Waals surface area contributed by atoms with Crippen LogP contribution in [0.1, 0.15) is 39.2 Å². The molecule has 0 saturated carbocycles. The third-order valence-electron chi connectivity index (χ3n) is 3.13. The molecule has 0 fully saturated rings. The molecule has 1 aromatic carbocycles. The predicted octanol–water partition coefficient (Wildman–Crippen LogP) is 1.95. The summed E-state index contributed by atoms with van der Waals surface area (Å²) in [4.78, 5) is 33.5. The third-order valence-corrected chi connectivity index (χ3v) is 3.13. The average Bonchev–Trinajstić information content (AvgIpc) is 2.39. The van der Waals surface area contributed by atoms with Crippen molar-refractivity contribution < 1.29 is 19.5 Å². The highest BCUT2D eigenvalue weighted by Gasteiger charge is 2.28. The summed E-state index contributed by atoms with van der Waals surface area (Å²) in [5.41, 5.74) is 0.536. The minimum Gasteiger partial charge on any atom is -0.480 e. The lowest BCUT2D eigenvalue weighted by Crippen LogP contribution is -2.49. The molecule has 2 amide bonds. The third kappa shape index (κ3) is 5.95. The van der Waals surface area contributed by atoms with Gasteiger partial charge in [-0.05, 0) is 44.4 Å². The van der Waals surface area contributed by atoms with Crippen LogP contribution in [0.5, 0.6) is 0 Å². The Labute approximate surface area is 129 Å². The van der Waals surface area contributed by atoms with E-state index >= 15 is 0 Å². The van der Waals surface area contributed by atoms with Crippen molar-refractivity contribution in [2.24, 2.45) is 0 Å². The first-order valence-corrected chi connectivity index (χ1v) is 7.11. The van der Waals surface area contributed by atoms with Crippen molar-refractivity contribution in [2.45, 2.75) is 45.6 Å². The molecular formula is C16H22N2O4. The molecule has 1 aromatic rings. The molecular weight excluding hydrogens is 284 g/mol. The van der Waals surface area contributed by atoms with Gasteiger partial charge in [0.25, 0.3) is 0 Å². The van der Waals surface area contributed by atoms with E-state index in [0.29, 0.717) is 12.8 Å². The molecule has 0 saturated heterocycles. The fourth-order valence-electron chi connectivity index (χ4n) is 1.88. The van der Waals surface area contributed by atoms with Gasteiger partial charge in [0.05, 0.1) is 0 Å². The summed E-state index contributed by atoms with van der Waals surface area (Å²) < 4.78 is 0. The van der Waals surface area contributed by atoms with Gasteiger partial charge in [-0.15, -0.1) is 0 Å². The molecule has 6 heteroatoms. The number of amides is 2. The van der Waals surface area contributed by atoms with Crippen LogP contribution in [0.25, 0.3) is 0 Å². The van der Waals surface area contributed by atoms with Crippen LogP contribution in [0.15, 0.2) is 24.3 Å². The first kappa shape index (κ1) is 17.7. The van der Waals surface area contributed by atoms with E-state index in [1.54, 1.807) is 0 Å². The van der Waals surface area contributed by atoms with E-state index in [1.807, 2.05) is 24.3 Å². The lowest BCUT2D eigenvalue weighted by atomic mass is 10.0. The van der Waals surface area contributed by atoms with Crippen LogP contribution in [-0.4, -0.2) is 28.4 Å². The fourth-order valence-corrected chi connectivity index (χ4v) is 1.88. The van der Waals surface area contributed by atoms with E-state index in [-0.39, 0.29) is 18.2 Å². The standard InChI is InChI=1S/C16H22N2O4/c1-11(19)17-13-9-7-12(8-10-13)5-4-6-14(20)18-16(2,3)15(21)22/h7-10H,4-6H2,1-3H3,(H,17,19)(H,18,20)(H,21,22). The van der Waals surface area contributed by atoms with Gasteiger partial charge in [0.15, 0.2) is 0 Å². The Balaban J connectivity index is 2.39. The highest BCUT2D eigenvalue weighted by molar-refractivity contribution is 5.88. The molecule has 0 radical (unpaired) electrons. The average molecular weight is 306 g/mol. The van der Waals surface area contributed by atoms with Crippen LogP contribution in [0.4, 0.5) is 5.69 Å². The monoisotopic (exact) mass is 306 g/mol. The molecule has 0 atom stereocenters. The summed E-state index contributed by atoms with van der Waals surface area (Å²) in [5.74, 6) is -1.46. The lowest BCUT2D eigenvalue weighted by molar-refractivity contribution is -0.146. The topological polar surface area (TPSA) is 95.5 Å². The minimum absolute atomic E-state index is 0.120. The van der Waals surface area contributed by atoms with Crippen LogP contribution < -0.4 is 10.6 Å². The largest absolute Gasteiger partial charge is 0.480 e. The van der Waals surface area contributed by atoms with E-state index in [4.69, 9.17) is 5.11 Å². The van der Waals surface area contributed by atoms with Gasteiger partial charge >= 0.3 is 5.97 Å². The van der Waals surface area contributed by atoms with E-state index in [0.717, 1.165) is 11.3 Å². The fraction of sp³-hybridized carbons (Fsp3) is 0.438. The van der Waals surface area contributed by atoms with Crippen molar-refractivity contribution >= 4 is 23.5 Å². The number of aliphatic carboxylic acids is 1. The van der Waals surface area contributed by atoms with Gasteiger partial charge in [-0.25, -0.2) is 4.79 Å². The number of carbonyl (C=O) groups excluding carboxylic acids is 2. The number of carboxylic acid groups (broad SMARTS) is 1. The van der Waals surface area contributed by atoms with E-state index in [1.165, 1.54) is 20.8 Å². The number of carbonyl (C=O) groups is 3. The maximum atomic E-state index is 11.7. The van der Waals surface area contributed by atoms with E-state index < -0.39 is 11.5 Å². The van der Waals surface area contributed by atoms with Crippen molar-refractivity contribution in [2.75, 3.05) is 5.32 Å². The number of benzene rings is 1. The smallest absolute Gasteiger partial charge is 0.328 e. The van der Waals surface area contributed by atoms with Crippen molar-refractivity contribution in [1.82, 2.24) is 5.32 Å². The summed E-state index contributed by atoms with van der Waals surface area (Å²) in [6.07, 6.45) is 1.60. The summed E-state index contributed by atoms with van der Waals surface area (Å²) >= 11 is 0. The van der Waals surface area contributed by atoms with Crippen molar-refractivity contribution in [1.29, 1.82) is 0 Å². The Morgan fingerprint density at radius 3 is 2.23 bits per heavy atom. The zero-order valence-corrected chi connectivity index (χ0v) is 13.1. The highest BCUT2D eigenvalue weighted by atomic mass is 16.4. The number of carboxylic acids is 1. The summed E-state index contributed by atoms with van der Waals surface area (Å²) in [5, 5.41) is 14.1. The Hall–Kier alpha value is -2.37. The maximum Gasteiger partial charge on any atom is 0.328 e. The SMILES string of the molecule is CC(=O)Nc1ccc(CCCC(=O)NC(C)(C)C(=O)O)cc1. The van der Waals surface area contributed by atoms with Gasteiger partial charge in [-0.3, -0.25) is 9.59 Å². The van der Waals surface area contributed by atoms with Gasteiger partial charge in [0.1, 0.15) is 5.54 Å². The molecule has 0 bridgehead atoms. The summed E-state index contributed by atoms with van der Waals surface area (Å²) in [6.45, 7) is 4.35. The molecule has 0 aliphatic carbocycles. The number of aryl methyl sites for hydroxylation is 1. The molecule has 1 rings (SSSR count). The number of rotatable bonds is 7. The molecule has 0 unspecified atom stereocenters.